The van der Waals surface area contributed by atoms with E-state index in [0.717, 1.165) is 13.0 Å². The Morgan fingerprint density at radius 2 is 1.91 bits per heavy atom. The summed E-state index contributed by atoms with van der Waals surface area (Å²) in [4.78, 5) is 29.2. The largest absolute Gasteiger partial charge is 0.495 e. The third kappa shape index (κ3) is 5.07. The summed E-state index contributed by atoms with van der Waals surface area (Å²) in [5.41, 5.74) is -0.310. The third-order valence-electron chi connectivity index (χ3n) is 5.79. The first-order valence-corrected chi connectivity index (χ1v) is 11.6. The molecule has 2 aromatic heterocycles. The second-order valence-corrected chi connectivity index (χ2v) is 8.66. The quantitative estimate of drug-likeness (QED) is 0.406. The van der Waals surface area contributed by atoms with Gasteiger partial charge < -0.3 is 29.8 Å². The van der Waals surface area contributed by atoms with Crippen LogP contribution in [0.5, 0.6) is 11.5 Å². The van der Waals surface area contributed by atoms with Crippen molar-refractivity contribution < 1.29 is 18.7 Å². The smallest absolute Gasteiger partial charge is 0.344 e. The summed E-state index contributed by atoms with van der Waals surface area (Å²) in [5.74, 6) is 1.03. The minimum Gasteiger partial charge on any atom is -0.495 e. The first-order chi connectivity index (χ1) is 16.9. The molecule has 1 aliphatic rings. The summed E-state index contributed by atoms with van der Waals surface area (Å²) in [5, 5.41) is 10.7. The molecule has 1 saturated heterocycles. The average molecular weight is 519 g/mol. The van der Waals surface area contributed by atoms with Gasteiger partial charge in [-0.2, -0.15) is 0 Å². The SMILES string of the molecule is C=CC(=O)N[C@H]1CCNC[C@H]1Nc1cc2c(=O)oc(-c3c(Cl)c(OC)cc(OC)c3Cl)cc2cn1. The lowest BCUT2D eigenvalue weighted by molar-refractivity contribution is -0.117. The number of benzene rings is 1. The van der Waals surface area contributed by atoms with Gasteiger partial charge in [-0.15, -0.1) is 0 Å². The number of methoxy groups -OCH3 is 2. The molecule has 0 spiro atoms. The molecule has 3 N–H and O–H groups in total. The monoisotopic (exact) mass is 518 g/mol. The van der Waals surface area contributed by atoms with Crippen LogP contribution in [0.4, 0.5) is 5.82 Å². The van der Waals surface area contributed by atoms with E-state index in [4.69, 9.17) is 37.1 Å². The lowest BCUT2D eigenvalue weighted by atomic mass is 10.0. The molecule has 184 valence electrons. The molecular weight excluding hydrogens is 495 g/mol. The van der Waals surface area contributed by atoms with Crippen LogP contribution in [0.3, 0.4) is 0 Å². The van der Waals surface area contributed by atoms with E-state index < -0.39 is 5.63 Å². The maximum atomic E-state index is 12.9. The highest BCUT2D eigenvalue weighted by Gasteiger charge is 2.26. The Bertz CT molecular complexity index is 1320. The van der Waals surface area contributed by atoms with Gasteiger partial charge in [-0.05, 0) is 31.2 Å². The number of hydrogen-bond donors (Lipinski definition) is 3. The van der Waals surface area contributed by atoms with Crippen molar-refractivity contribution in [2.24, 2.45) is 0 Å². The van der Waals surface area contributed by atoms with E-state index in [1.807, 2.05) is 0 Å². The van der Waals surface area contributed by atoms with E-state index in [-0.39, 0.29) is 39.4 Å². The normalized spacial score (nSPS) is 17.6. The van der Waals surface area contributed by atoms with E-state index >= 15 is 0 Å². The van der Waals surface area contributed by atoms with Crippen LogP contribution in [-0.2, 0) is 4.79 Å². The molecule has 1 aliphatic heterocycles. The fourth-order valence-corrected chi connectivity index (χ4v) is 4.69. The van der Waals surface area contributed by atoms with Crippen LogP contribution in [0, 0.1) is 0 Å². The van der Waals surface area contributed by atoms with Gasteiger partial charge >= 0.3 is 5.63 Å². The van der Waals surface area contributed by atoms with Gasteiger partial charge in [-0.25, -0.2) is 9.78 Å². The fourth-order valence-electron chi connectivity index (χ4n) is 4.00. The molecule has 3 aromatic rings. The number of pyridine rings is 1. The summed E-state index contributed by atoms with van der Waals surface area (Å²) in [7, 11) is 2.92. The molecule has 0 bridgehead atoms. The first kappa shape index (κ1) is 24.8. The van der Waals surface area contributed by atoms with Gasteiger partial charge in [-0.1, -0.05) is 29.8 Å². The number of carbonyl (C=O) groups is 1. The van der Waals surface area contributed by atoms with Crippen molar-refractivity contribution in [3.05, 3.63) is 57.5 Å². The van der Waals surface area contributed by atoms with Crippen LogP contribution in [0.15, 0.2) is 46.3 Å². The van der Waals surface area contributed by atoms with Crippen molar-refractivity contribution in [1.29, 1.82) is 0 Å². The number of piperidine rings is 1. The zero-order valence-electron chi connectivity index (χ0n) is 19.1. The number of halogens is 2. The molecule has 11 heteroatoms. The number of carbonyl (C=O) groups excluding carboxylic acids is 1. The van der Waals surface area contributed by atoms with Crippen LogP contribution < -0.4 is 31.0 Å². The Hall–Kier alpha value is -3.27. The number of amides is 1. The zero-order chi connectivity index (χ0) is 25.1. The van der Waals surface area contributed by atoms with Gasteiger partial charge in [0.1, 0.15) is 23.1 Å². The Labute approximate surface area is 211 Å². The molecule has 1 fully saturated rings. The van der Waals surface area contributed by atoms with E-state index in [0.29, 0.717) is 34.6 Å². The summed E-state index contributed by atoms with van der Waals surface area (Å²) in [6.07, 6.45) is 3.54. The van der Waals surface area contributed by atoms with Crippen molar-refractivity contribution in [1.82, 2.24) is 15.6 Å². The molecule has 35 heavy (non-hydrogen) atoms. The number of aromatic nitrogens is 1. The number of nitrogens with zero attached hydrogens (tertiary/aromatic N) is 1. The predicted octanol–water partition coefficient (Wildman–Crippen LogP) is 3.62. The first-order valence-electron chi connectivity index (χ1n) is 10.8. The summed E-state index contributed by atoms with van der Waals surface area (Å²) in [6.45, 7) is 4.89. The van der Waals surface area contributed by atoms with Gasteiger partial charge in [0, 0.05) is 24.2 Å². The lowest BCUT2D eigenvalue weighted by Crippen LogP contribution is -2.55. The number of hydrogen-bond acceptors (Lipinski definition) is 8. The molecule has 3 heterocycles. The van der Waals surface area contributed by atoms with E-state index in [2.05, 4.69) is 27.5 Å². The van der Waals surface area contributed by atoms with E-state index in [1.165, 1.54) is 20.3 Å². The third-order valence-corrected chi connectivity index (χ3v) is 6.54. The maximum Gasteiger partial charge on any atom is 0.344 e. The van der Waals surface area contributed by atoms with Gasteiger partial charge in [0.25, 0.3) is 0 Å². The predicted molar refractivity (Wildman–Crippen MR) is 136 cm³/mol. The van der Waals surface area contributed by atoms with Crippen molar-refractivity contribution >= 4 is 45.7 Å². The van der Waals surface area contributed by atoms with Crippen LogP contribution in [0.25, 0.3) is 22.1 Å². The number of fused-ring (bicyclic) bond motifs is 1. The van der Waals surface area contributed by atoms with Crippen LogP contribution in [0.2, 0.25) is 10.0 Å². The Morgan fingerprint density at radius 3 is 2.57 bits per heavy atom. The second kappa shape index (κ2) is 10.6. The Kier molecular flexibility index (Phi) is 7.49. The molecule has 1 amide bonds. The van der Waals surface area contributed by atoms with Gasteiger partial charge in [0.05, 0.1) is 47.3 Å². The maximum absolute atomic E-state index is 12.9. The van der Waals surface area contributed by atoms with Gasteiger partial charge in [-0.3, -0.25) is 4.79 Å². The minimum atomic E-state index is -0.588. The highest BCUT2D eigenvalue weighted by atomic mass is 35.5. The van der Waals surface area contributed by atoms with Crippen molar-refractivity contribution in [2.75, 3.05) is 32.6 Å². The molecule has 0 unspecified atom stereocenters. The zero-order valence-corrected chi connectivity index (χ0v) is 20.6. The number of anilines is 1. The Morgan fingerprint density at radius 1 is 1.20 bits per heavy atom. The summed E-state index contributed by atoms with van der Waals surface area (Å²) < 4.78 is 16.2. The fraction of sp³-hybridized carbons (Fsp3) is 0.292. The topological polar surface area (TPSA) is 115 Å². The minimum absolute atomic E-state index is 0.120. The number of rotatable bonds is 7. The lowest BCUT2D eigenvalue weighted by Gasteiger charge is -2.33. The average Bonchev–Trinajstić information content (AvgIpc) is 2.86. The number of nitrogens with one attached hydrogen (secondary N) is 3. The molecule has 9 nitrogen and oxygen atoms in total. The summed E-state index contributed by atoms with van der Waals surface area (Å²) >= 11 is 13.0. The van der Waals surface area contributed by atoms with Crippen molar-refractivity contribution in [2.45, 2.75) is 18.5 Å². The molecule has 4 rings (SSSR count). The highest BCUT2D eigenvalue weighted by molar-refractivity contribution is 6.41. The molecule has 0 aliphatic carbocycles. The molecular formula is C24H24Cl2N4O5. The molecule has 2 atom stereocenters. The number of ether oxygens (including phenoxy) is 2. The molecule has 0 saturated carbocycles. The standard InChI is InChI=1S/C24H24Cl2N4O5/c1-4-20(31)30-14-5-6-27-11-15(14)29-19-8-13-12(10-28-19)7-16(35-24(13)32)21-22(25)17(33-2)9-18(34-3)23(21)26/h4,7-10,14-15,27H,1,5-6,11H2,2-3H3,(H,28,29)(H,30,31)/t14-,15+/m0/s1. The molecule has 1 aromatic carbocycles. The summed E-state index contributed by atoms with van der Waals surface area (Å²) in [6, 6.07) is 4.55. The van der Waals surface area contributed by atoms with Gasteiger partial charge in [0.15, 0.2) is 0 Å². The molecule has 0 radical (unpaired) electrons. The van der Waals surface area contributed by atoms with Crippen molar-refractivity contribution in [3.8, 4) is 22.8 Å². The van der Waals surface area contributed by atoms with Crippen LogP contribution >= 0.6 is 23.2 Å². The second-order valence-electron chi connectivity index (χ2n) is 7.90. The van der Waals surface area contributed by atoms with E-state index in [9.17, 15) is 9.59 Å². The highest BCUT2D eigenvalue weighted by Crippen LogP contribution is 2.46. The van der Waals surface area contributed by atoms with Gasteiger partial charge in [0.2, 0.25) is 5.91 Å². The van der Waals surface area contributed by atoms with Crippen LogP contribution in [0.1, 0.15) is 6.42 Å². The van der Waals surface area contributed by atoms with E-state index in [1.54, 1.807) is 24.4 Å². The van der Waals surface area contributed by atoms with Crippen LogP contribution in [-0.4, -0.2) is 50.3 Å². The Balaban J connectivity index is 1.69. The van der Waals surface area contributed by atoms with Crippen molar-refractivity contribution in [3.63, 3.8) is 0 Å².